The van der Waals surface area contributed by atoms with E-state index in [0.29, 0.717) is 28.7 Å². The van der Waals surface area contributed by atoms with E-state index in [1.54, 1.807) is 30.0 Å². The van der Waals surface area contributed by atoms with Gasteiger partial charge in [-0.25, -0.2) is 4.68 Å². The molecule has 3 aromatic rings. The van der Waals surface area contributed by atoms with Crippen LogP contribution in [0.3, 0.4) is 0 Å². The summed E-state index contributed by atoms with van der Waals surface area (Å²) in [4.78, 5) is 25.6. The van der Waals surface area contributed by atoms with Crippen LogP contribution in [0.5, 0.6) is 11.5 Å². The van der Waals surface area contributed by atoms with Crippen molar-refractivity contribution in [2.45, 2.75) is 19.1 Å². The zero-order valence-corrected chi connectivity index (χ0v) is 18.0. The first-order valence-corrected chi connectivity index (χ1v) is 10.0. The SMILES string of the molecule is COCc1nn2c(c1-c1ccccc1)NC(=O)C2CC(=O)Nc1cc(OC)ccc1OC. The van der Waals surface area contributed by atoms with Gasteiger partial charge in [0.1, 0.15) is 23.4 Å². The van der Waals surface area contributed by atoms with Crippen LogP contribution in [0.2, 0.25) is 0 Å². The molecule has 0 aliphatic carbocycles. The lowest BCUT2D eigenvalue weighted by atomic mass is 10.1. The molecular weight excluding hydrogens is 412 g/mol. The van der Waals surface area contributed by atoms with Crippen LogP contribution < -0.4 is 20.1 Å². The first kappa shape index (κ1) is 21.4. The van der Waals surface area contributed by atoms with E-state index in [1.807, 2.05) is 30.3 Å². The Balaban J connectivity index is 1.61. The highest BCUT2D eigenvalue weighted by atomic mass is 16.5. The maximum Gasteiger partial charge on any atom is 0.251 e. The molecule has 1 aliphatic rings. The minimum Gasteiger partial charge on any atom is -0.497 e. The molecule has 2 aromatic carbocycles. The Kier molecular flexibility index (Phi) is 6.09. The minimum absolute atomic E-state index is 0.0957. The molecule has 32 heavy (non-hydrogen) atoms. The van der Waals surface area contributed by atoms with Gasteiger partial charge in [-0.1, -0.05) is 30.3 Å². The third kappa shape index (κ3) is 4.02. The van der Waals surface area contributed by atoms with Crippen LogP contribution in [0, 0.1) is 0 Å². The molecule has 0 radical (unpaired) electrons. The normalized spacial score (nSPS) is 14.6. The van der Waals surface area contributed by atoms with E-state index in [9.17, 15) is 9.59 Å². The van der Waals surface area contributed by atoms with Crippen molar-refractivity contribution in [3.05, 3.63) is 54.2 Å². The molecule has 9 heteroatoms. The number of hydrogen-bond donors (Lipinski definition) is 2. The summed E-state index contributed by atoms with van der Waals surface area (Å²) in [5.41, 5.74) is 2.85. The van der Waals surface area contributed by atoms with Gasteiger partial charge < -0.3 is 24.8 Å². The van der Waals surface area contributed by atoms with Crippen molar-refractivity contribution >= 4 is 23.3 Å². The van der Waals surface area contributed by atoms with E-state index in [1.165, 1.54) is 14.2 Å². The fourth-order valence-corrected chi connectivity index (χ4v) is 3.75. The Morgan fingerprint density at radius 1 is 1.12 bits per heavy atom. The molecular formula is C23H24N4O5. The molecule has 166 valence electrons. The molecule has 0 saturated carbocycles. The number of ether oxygens (including phenoxy) is 3. The molecule has 4 rings (SSSR count). The second-order valence-corrected chi connectivity index (χ2v) is 7.24. The minimum atomic E-state index is -0.783. The summed E-state index contributed by atoms with van der Waals surface area (Å²) in [5.74, 6) is 0.982. The van der Waals surface area contributed by atoms with E-state index >= 15 is 0 Å². The molecule has 1 atom stereocenters. The van der Waals surface area contributed by atoms with E-state index < -0.39 is 6.04 Å². The molecule has 2 heterocycles. The number of rotatable bonds is 8. The van der Waals surface area contributed by atoms with E-state index in [4.69, 9.17) is 14.2 Å². The highest BCUT2D eigenvalue weighted by molar-refractivity contribution is 6.04. The van der Waals surface area contributed by atoms with Crippen molar-refractivity contribution in [1.82, 2.24) is 9.78 Å². The zero-order chi connectivity index (χ0) is 22.7. The van der Waals surface area contributed by atoms with Crippen molar-refractivity contribution in [3.63, 3.8) is 0 Å². The number of anilines is 2. The van der Waals surface area contributed by atoms with Crippen molar-refractivity contribution < 1.29 is 23.8 Å². The monoisotopic (exact) mass is 436 g/mol. The van der Waals surface area contributed by atoms with Crippen molar-refractivity contribution in [1.29, 1.82) is 0 Å². The molecule has 9 nitrogen and oxygen atoms in total. The standard InChI is InChI=1S/C23H24N4O5/c1-30-13-17-21(14-7-5-4-6-8-14)22-25-23(29)18(27(22)26-17)12-20(28)24-16-11-15(31-2)9-10-19(16)32-3/h4-11,18H,12-13H2,1-3H3,(H,24,28)(H,25,29). The van der Waals surface area contributed by atoms with Gasteiger partial charge in [0, 0.05) is 18.7 Å². The molecule has 1 unspecified atom stereocenters. The summed E-state index contributed by atoms with van der Waals surface area (Å²) in [7, 11) is 4.64. The predicted octanol–water partition coefficient (Wildman–Crippen LogP) is 3.24. The maximum absolute atomic E-state index is 12.8. The van der Waals surface area contributed by atoms with Crippen molar-refractivity contribution in [3.8, 4) is 22.6 Å². The molecule has 1 aromatic heterocycles. The topological polar surface area (TPSA) is 104 Å². The van der Waals surface area contributed by atoms with Gasteiger partial charge in [-0.2, -0.15) is 5.10 Å². The number of carbonyl (C=O) groups excluding carboxylic acids is 2. The lowest BCUT2D eigenvalue weighted by Crippen LogP contribution is -2.24. The summed E-state index contributed by atoms with van der Waals surface area (Å²) in [6.45, 7) is 0.278. The second-order valence-electron chi connectivity index (χ2n) is 7.24. The molecule has 0 fully saturated rings. The average Bonchev–Trinajstić information content (AvgIpc) is 3.29. The van der Waals surface area contributed by atoms with Crippen LogP contribution in [-0.4, -0.2) is 42.9 Å². The van der Waals surface area contributed by atoms with Gasteiger partial charge >= 0.3 is 0 Å². The number of amides is 2. The van der Waals surface area contributed by atoms with Gasteiger partial charge in [0.2, 0.25) is 5.91 Å². The summed E-state index contributed by atoms with van der Waals surface area (Å²) >= 11 is 0. The van der Waals surface area contributed by atoms with Crippen LogP contribution >= 0.6 is 0 Å². The van der Waals surface area contributed by atoms with Gasteiger partial charge in [0.05, 0.1) is 38.6 Å². The first-order valence-electron chi connectivity index (χ1n) is 10.0. The summed E-state index contributed by atoms with van der Waals surface area (Å²) < 4.78 is 17.4. The molecule has 2 amide bonds. The molecule has 0 saturated heterocycles. The van der Waals surface area contributed by atoms with E-state index in [0.717, 1.165) is 11.1 Å². The molecule has 0 bridgehead atoms. The summed E-state index contributed by atoms with van der Waals surface area (Å²) in [5, 5.41) is 10.3. The van der Waals surface area contributed by atoms with Crippen LogP contribution in [0.1, 0.15) is 18.2 Å². The molecule has 0 spiro atoms. The van der Waals surface area contributed by atoms with E-state index in [-0.39, 0.29) is 24.8 Å². The largest absolute Gasteiger partial charge is 0.497 e. The number of nitrogens with one attached hydrogen (secondary N) is 2. The predicted molar refractivity (Wildman–Crippen MR) is 119 cm³/mol. The van der Waals surface area contributed by atoms with Crippen molar-refractivity contribution in [2.24, 2.45) is 0 Å². The Morgan fingerprint density at radius 2 is 1.91 bits per heavy atom. The average molecular weight is 436 g/mol. The first-order chi connectivity index (χ1) is 15.5. The number of aromatic nitrogens is 2. The number of nitrogens with zero attached hydrogens (tertiary/aromatic N) is 2. The fraction of sp³-hybridized carbons (Fsp3) is 0.261. The summed E-state index contributed by atoms with van der Waals surface area (Å²) in [6.07, 6.45) is -0.0957. The Bertz CT molecular complexity index is 1140. The number of hydrogen-bond acceptors (Lipinski definition) is 6. The molecule has 2 N–H and O–H groups in total. The Morgan fingerprint density at radius 3 is 2.59 bits per heavy atom. The third-order valence-electron chi connectivity index (χ3n) is 5.23. The number of methoxy groups -OCH3 is 3. The number of carbonyl (C=O) groups is 2. The Labute approximate surface area is 185 Å². The second kappa shape index (κ2) is 9.11. The van der Waals surface area contributed by atoms with Gasteiger partial charge in [-0.3, -0.25) is 9.59 Å². The van der Waals surface area contributed by atoms with Crippen molar-refractivity contribution in [2.75, 3.05) is 32.0 Å². The summed E-state index contributed by atoms with van der Waals surface area (Å²) in [6, 6.07) is 13.9. The molecule has 1 aliphatic heterocycles. The smallest absolute Gasteiger partial charge is 0.251 e. The highest BCUT2D eigenvalue weighted by Crippen LogP contribution is 2.39. The zero-order valence-electron chi connectivity index (χ0n) is 18.0. The van der Waals surface area contributed by atoms with Gasteiger partial charge in [0.15, 0.2) is 0 Å². The fourth-order valence-electron chi connectivity index (χ4n) is 3.75. The lowest BCUT2D eigenvalue weighted by molar-refractivity contribution is -0.123. The third-order valence-corrected chi connectivity index (χ3v) is 5.23. The van der Waals surface area contributed by atoms with E-state index in [2.05, 4.69) is 15.7 Å². The van der Waals surface area contributed by atoms with Gasteiger partial charge in [-0.15, -0.1) is 0 Å². The number of benzene rings is 2. The van der Waals surface area contributed by atoms with Gasteiger partial charge in [0.25, 0.3) is 5.91 Å². The van der Waals surface area contributed by atoms with Crippen LogP contribution in [-0.2, 0) is 20.9 Å². The van der Waals surface area contributed by atoms with Crippen LogP contribution in [0.15, 0.2) is 48.5 Å². The quantitative estimate of drug-likeness (QED) is 0.562. The van der Waals surface area contributed by atoms with Crippen LogP contribution in [0.4, 0.5) is 11.5 Å². The maximum atomic E-state index is 12.8. The van der Waals surface area contributed by atoms with Crippen LogP contribution in [0.25, 0.3) is 11.1 Å². The highest BCUT2D eigenvalue weighted by Gasteiger charge is 2.37. The van der Waals surface area contributed by atoms with Gasteiger partial charge in [-0.05, 0) is 17.7 Å². The number of fused-ring (bicyclic) bond motifs is 1. The Hall–Kier alpha value is -3.85. The lowest BCUT2D eigenvalue weighted by Gasteiger charge is -2.13.